The maximum absolute atomic E-state index is 12.1. The molecule has 0 bridgehead atoms. The Kier molecular flexibility index (Phi) is 7.69. The molecule has 1 aliphatic rings. The number of carbonyl (C=O) groups is 2. The molecular weight excluding hydrogens is 514 g/mol. The predicted molar refractivity (Wildman–Crippen MR) is 149 cm³/mol. The van der Waals surface area contributed by atoms with Crippen LogP contribution in [0.1, 0.15) is 35.2 Å². The smallest absolute Gasteiger partial charge is 0.360 e. The van der Waals surface area contributed by atoms with Crippen molar-refractivity contribution in [2.75, 3.05) is 12.4 Å². The maximum atomic E-state index is 12.1. The SMILES string of the molecule is COC(=O)C(ON=C(C(=O)O)c1csc(NC(c2ccccc2)(c2ccccc2)c2ccccc2)n1)C1CC1. The summed E-state index contributed by atoms with van der Waals surface area (Å²) in [6, 6.07) is 30.1. The van der Waals surface area contributed by atoms with Gasteiger partial charge in [0.1, 0.15) is 11.2 Å². The number of esters is 1. The van der Waals surface area contributed by atoms with Crippen molar-refractivity contribution in [3.8, 4) is 0 Å². The van der Waals surface area contributed by atoms with Crippen molar-refractivity contribution in [2.45, 2.75) is 24.5 Å². The second-order valence-corrected chi connectivity index (χ2v) is 10.0. The predicted octanol–water partition coefficient (Wildman–Crippen LogP) is 5.30. The molecular formula is C30H27N3O5S. The minimum Gasteiger partial charge on any atom is -0.476 e. The first-order chi connectivity index (χ1) is 19.0. The molecule has 1 aromatic heterocycles. The van der Waals surface area contributed by atoms with E-state index in [1.165, 1.54) is 18.4 Å². The van der Waals surface area contributed by atoms with Gasteiger partial charge in [0.25, 0.3) is 0 Å². The van der Waals surface area contributed by atoms with Crippen LogP contribution in [0.25, 0.3) is 0 Å². The van der Waals surface area contributed by atoms with Crippen LogP contribution in [0.15, 0.2) is 102 Å². The van der Waals surface area contributed by atoms with Gasteiger partial charge in [-0.1, -0.05) is 96.2 Å². The van der Waals surface area contributed by atoms with Gasteiger partial charge in [-0.25, -0.2) is 14.6 Å². The van der Waals surface area contributed by atoms with Gasteiger partial charge in [-0.15, -0.1) is 11.3 Å². The number of hydrogen-bond donors (Lipinski definition) is 2. The number of ether oxygens (including phenoxy) is 1. The van der Waals surface area contributed by atoms with E-state index in [1.807, 2.05) is 91.0 Å². The summed E-state index contributed by atoms with van der Waals surface area (Å²) >= 11 is 1.26. The Morgan fingerprint density at radius 2 is 1.46 bits per heavy atom. The Balaban J connectivity index is 1.55. The molecule has 0 saturated heterocycles. The molecule has 8 nitrogen and oxygen atoms in total. The van der Waals surface area contributed by atoms with E-state index in [4.69, 9.17) is 9.57 Å². The summed E-state index contributed by atoms with van der Waals surface area (Å²) in [4.78, 5) is 34.2. The number of anilines is 1. The molecule has 1 fully saturated rings. The number of benzene rings is 3. The molecule has 0 amide bonds. The van der Waals surface area contributed by atoms with Crippen LogP contribution >= 0.6 is 11.3 Å². The fourth-order valence-corrected chi connectivity index (χ4v) is 5.27. The van der Waals surface area contributed by atoms with Gasteiger partial charge in [0.05, 0.1) is 7.11 Å². The third kappa shape index (κ3) is 5.53. The quantitative estimate of drug-likeness (QED) is 0.115. The number of aromatic nitrogens is 1. The monoisotopic (exact) mass is 541 g/mol. The summed E-state index contributed by atoms with van der Waals surface area (Å²) < 4.78 is 4.79. The molecule has 39 heavy (non-hydrogen) atoms. The summed E-state index contributed by atoms with van der Waals surface area (Å²) in [5, 5.41) is 19.4. The Morgan fingerprint density at radius 1 is 0.949 bits per heavy atom. The molecule has 1 saturated carbocycles. The highest BCUT2D eigenvalue weighted by Gasteiger charge is 2.40. The molecule has 0 spiro atoms. The zero-order chi connectivity index (χ0) is 27.2. The summed E-state index contributed by atoms with van der Waals surface area (Å²) in [6.07, 6.45) is 0.647. The van der Waals surface area contributed by atoms with E-state index in [0.717, 1.165) is 29.5 Å². The van der Waals surface area contributed by atoms with Crippen molar-refractivity contribution in [3.63, 3.8) is 0 Å². The fraction of sp³-hybridized carbons (Fsp3) is 0.200. The highest BCUT2D eigenvalue weighted by Crippen LogP contribution is 2.40. The van der Waals surface area contributed by atoms with Gasteiger partial charge >= 0.3 is 11.9 Å². The van der Waals surface area contributed by atoms with E-state index in [-0.39, 0.29) is 11.6 Å². The van der Waals surface area contributed by atoms with Crippen molar-refractivity contribution in [2.24, 2.45) is 11.1 Å². The van der Waals surface area contributed by atoms with Gasteiger partial charge in [0.15, 0.2) is 5.13 Å². The standard InChI is InChI=1S/C30H27N3O5S/c1-37-28(36)26(20-17-18-20)38-33-25(27(34)35)24-19-39-29(31-24)32-30(21-11-5-2-6-12-21,22-13-7-3-8-14-22)23-15-9-4-10-16-23/h2-16,19-20,26H,17-18H2,1H3,(H,31,32)(H,34,35). The van der Waals surface area contributed by atoms with Gasteiger partial charge < -0.3 is 20.0 Å². The minimum absolute atomic E-state index is 0.0351. The molecule has 5 rings (SSSR count). The number of hydrogen-bond acceptors (Lipinski definition) is 8. The van der Waals surface area contributed by atoms with Crippen LogP contribution in [0, 0.1) is 5.92 Å². The number of methoxy groups -OCH3 is 1. The summed E-state index contributed by atoms with van der Waals surface area (Å²) in [5.41, 5.74) is 1.87. The molecule has 1 unspecified atom stereocenters. The number of aliphatic carboxylic acids is 1. The van der Waals surface area contributed by atoms with Crippen molar-refractivity contribution >= 4 is 34.1 Å². The van der Waals surface area contributed by atoms with Gasteiger partial charge in [-0.05, 0) is 29.5 Å². The second-order valence-electron chi connectivity index (χ2n) is 9.14. The number of nitrogens with zero attached hydrogens (tertiary/aromatic N) is 2. The Morgan fingerprint density at radius 3 is 1.90 bits per heavy atom. The zero-order valence-corrected chi connectivity index (χ0v) is 22.0. The van der Waals surface area contributed by atoms with Crippen LogP contribution in [-0.4, -0.2) is 41.0 Å². The number of carboxylic acid groups (broad SMARTS) is 1. The number of oxime groups is 1. The van der Waals surface area contributed by atoms with Crippen LogP contribution in [0.5, 0.6) is 0 Å². The van der Waals surface area contributed by atoms with E-state index in [2.05, 4.69) is 15.5 Å². The average molecular weight is 542 g/mol. The zero-order valence-electron chi connectivity index (χ0n) is 21.2. The molecule has 2 N–H and O–H groups in total. The third-order valence-electron chi connectivity index (χ3n) is 6.61. The lowest BCUT2D eigenvalue weighted by molar-refractivity contribution is -0.155. The summed E-state index contributed by atoms with van der Waals surface area (Å²) in [5.74, 6) is -1.93. The first kappa shape index (κ1) is 26.1. The lowest BCUT2D eigenvalue weighted by Crippen LogP contribution is -2.38. The van der Waals surface area contributed by atoms with E-state index in [1.54, 1.807) is 5.38 Å². The molecule has 1 atom stereocenters. The topological polar surface area (TPSA) is 110 Å². The van der Waals surface area contributed by atoms with Crippen molar-refractivity contribution < 1.29 is 24.3 Å². The van der Waals surface area contributed by atoms with Gasteiger partial charge in [0.2, 0.25) is 11.8 Å². The lowest BCUT2D eigenvalue weighted by Gasteiger charge is -2.36. The number of carbonyl (C=O) groups excluding carboxylic acids is 1. The van der Waals surface area contributed by atoms with E-state index in [9.17, 15) is 14.7 Å². The van der Waals surface area contributed by atoms with Crippen LogP contribution in [0.2, 0.25) is 0 Å². The third-order valence-corrected chi connectivity index (χ3v) is 7.36. The van der Waals surface area contributed by atoms with Crippen LogP contribution < -0.4 is 5.32 Å². The molecule has 4 aromatic rings. The summed E-state index contributed by atoms with van der Waals surface area (Å²) in [7, 11) is 1.26. The van der Waals surface area contributed by atoms with Crippen LogP contribution in [-0.2, 0) is 24.7 Å². The normalized spacial score (nSPS) is 14.3. The first-order valence-corrected chi connectivity index (χ1v) is 13.4. The Hall–Kier alpha value is -4.50. The van der Waals surface area contributed by atoms with E-state index < -0.39 is 29.3 Å². The van der Waals surface area contributed by atoms with Gasteiger partial charge in [-0.3, -0.25) is 0 Å². The number of carboxylic acids is 1. The molecule has 0 radical (unpaired) electrons. The molecule has 1 aliphatic carbocycles. The Labute approximate surface area is 229 Å². The molecule has 0 aliphatic heterocycles. The molecule has 3 aromatic carbocycles. The fourth-order valence-electron chi connectivity index (χ4n) is 4.52. The average Bonchev–Trinajstić information content (AvgIpc) is 3.72. The Bertz CT molecular complexity index is 1360. The molecule has 1 heterocycles. The maximum Gasteiger partial charge on any atom is 0.360 e. The first-order valence-electron chi connectivity index (χ1n) is 12.5. The highest BCUT2D eigenvalue weighted by atomic mass is 32.1. The van der Waals surface area contributed by atoms with Crippen LogP contribution in [0.3, 0.4) is 0 Å². The molecule has 198 valence electrons. The van der Waals surface area contributed by atoms with Crippen LogP contribution in [0.4, 0.5) is 5.13 Å². The van der Waals surface area contributed by atoms with E-state index >= 15 is 0 Å². The van der Waals surface area contributed by atoms with Gasteiger partial charge in [-0.2, -0.15) is 0 Å². The van der Waals surface area contributed by atoms with E-state index in [0.29, 0.717) is 5.13 Å². The number of nitrogens with one attached hydrogen (secondary N) is 1. The van der Waals surface area contributed by atoms with Crippen molar-refractivity contribution in [1.82, 2.24) is 4.98 Å². The minimum atomic E-state index is -1.31. The molecule has 9 heteroatoms. The highest BCUT2D eigenvalue weighted by molar-refractivity contribution is 7.14. The van der Waals surface area contributed by atoms with Crippen molar-refractivity contribution in [1.29, 1.82) is 0 Å². The number of rotatable bonds is 11. The van der Waals surface area contributed by atoms with Gasteiger partial charge in [0, 0.05) is 11.3 Å². The summed E-state index contributed by atoms with van der Waals surface area (Å²) in [6.45, 7) is 0. The van der Waals surface area contributed by atoms with Crippen molar-refractivity contribution in [3.05, 3.63) is 119 Å². The second kappa shape index (κ2) is 11.5. The largest absolute Gasteiger partial charge is 0.476 e. The number of thiazole rings is 1. The lowest BCUT2D eigenvalue weighted by atomic mass is 9.77.